The maximum atomic E-state index is 13.6. The van der Waals surface area contributed by atoms with Gasteiger partial charge in [-0.1, -0.05) is 0 Å². The van der Waals surface area contributed by atoms with E-state index in [0.717, 1.165) is 12.1 Å². The number of nitro groups is 1. The van der Waals surface area contributed by atoms with Crippen LogP contribution in [0.25, 0.3) is 6.08 Å². The SMILES string of the molecule is O=C1C=c2c(C(=O)O)c(F)c([N+](=O)[O-])cc2=N1. The maximum Gasteiger partial charge on any atom is 0.339 e. The van der Waals surface area contributed by atoms with E-state index in [9.17, 15) is 24.1 Å². The van der Waals surface area contributed by atoms with Crippen LogP contribution in [0.2, 0.25) is 0 Å². The molecule has 0 radical (unpaired) electrons. The van der Waals surface area contributed by atoms with Crippen molar-refractivity contribution in [2.75, 3.05) is 0 Å². The minimum absolute atomic E-state index is 0.208. The Hall–Kier alpha value is -2.64. The van der Waals surface area contributed by atoms with Crippen molar-refractivity contribution < 1.29 is 24.0 Å². The van der Waals surface area contributed by atoms with Gasteiger partial charge in [-0.15, -0.1) is 0 Å². The van der Waals surface area contributed by atoms with Crippen LogP contribution >= 0.6 is 0 Å². The van der Waals surface area contributed by atoms with Gasteiger partial charge in [0, 0.05) is 17.4 Å². The zero-order chi connectivity index (χ0) is 12.7. The molecule has 1 N–H and O–H groups in total. The van der Waals surface area contributed by atoms with Gasteiger partial charge in [0.2, 0.25) is 5.82 Å². The first-order valence-electron chi connectivity index (χ1n) is 4.26. The van der Waals surface area contributed by atoms with Crippen molar-refractivity contribution in [1.29, 1.82) is 0 Å². The summed E-state index contributed by atoms with van der Waals surface area (Å²) in [4.78, 5) is 34.6. The van der Waals surface area contributed by atoms with E-state index in [1.165, 1.54) is 0 Å². The summed E-state index contributed by atoms with van der Waals surface area (Å²) in [7, 11) is 0. The first-order valence-corrected chi connectivity index (χ1v) is 4.26. The van der Waals surface area contributed by atoms with Crippen molar-refractivity contribution in [3.63, 3.8) is 0 Å². The molecule has 1 aliphatic rings. The standard InChI is InChI=1S/C9H3FN2O5/c10-8-5(12(16)17)2-4-3(1-6(13)11-4)7(8)9(14)15/h1-2H,(H,14,15). The lowest BCUT2D eigenvalue weighted by Gasteiger charge is -1.98. The zero-order valence-corrected chi connectivity index (χ0v) is 8.01. The van der Waals surface area contributed by atoms with Gasteiger partial charge in [-0.25, -0.2) is 9.79 Å². The van der Waals surface area contributed by atoms with E-state index >= 15 is 0 Å². The predicted octanol–water partition coefficient (Wildman–Crippen LogP) is -0.628. The van der Waals surface area contributed by atoms with Gasteiger partial charge in [-0.05, 0) is 0 Å². The fraction of sp³-hybridized carbons (Fsp3) is 0. The molecule has 0 spiro atoms. The smallest absolute Gasteiger partial charge is 0.339 e. The van der Waals surface area contributed by atoms with Crippen molar-refractivity contribution in [2.45, 2.75) is 0 Å². The lowest BCUT2D eigenvalue weighted by molar-refractivity contribution is -0.387. The molecule has 0 atom stereocenters. The summed E-state index contributed by atoms with van der Waals surface area (Å²) in [5, 5.41) is 18.8. The topological polar surface area (TPSA) is 110 Å². The zero-order valence-electron chi connectivity index (χ0n) is 8.01. The Morgan fingerprint density at radius 3 is 2.71 bits per heavy atom. The molecule has 0 aliphatic carbocycles. The van der Waals surface area contributed by atoms with Gasteiger partial charge in [0.05, 0.1) is 10.3 Å². The molecule has 0 unspecified atom stereocenters. The van der Waals surface area contributed by atoms with E-state index < -0.39 is 33.9 Å². The normalized spacial score (nSPS) is 12.6. The molecular formula is C9H3FN2O5. The van der Waals surface area contributed by atoms with E-state index in [4.69, 9.17) is 5.11 Å². The van der Waals surface area contributed by atoms with Crippen molar-refractivity contribution >= 4 is 23.6 Å². The molecule has 0 bridgehead atoms. The number of benzene rings is 1. The molecule has 7 nitrogen and oxygen atoms in total. The van der Waals surface area contributed by atoms with Gasteiger partial charge >= 0.3 is 11.7 Å². The number of carbonyl (C=O) groups excluding carboxylic acids is 1. The number of amides is 1. The summed E-state index contributed by atoms with van der Waals surface area (Å²) < 4.78 is 13.6. The second kappa shape index (κ2) is 3.44. The second-order valence-electron chi connectivity index (χ2n) is 3.17. The summed E-state index contributed by atoms with van der Waals surface area (Å²) in [5.74, 6) is -3.95. The number of carboxylic acids is 1. The number of hydrogen-bond acceptors (Lipinski definition) is 4. The van der Waals surface area contributed by atoms with Crippen LogP contribution in [-0.4, -0.2) is 21.9 Å². The molecule has 86 valence electrons. The molecule has 1 amide bonds. The number of nitro benzene ring substituents is 1. The summed E-state index contributed by atoms with van der Waals surface area (Å²) in [6.45, 7) is 0. The molecule has 1 aromatic rings. The molecule has 0 aromatic heterocycles. The Balaban J connectivity index is 2.99. The third kappa shape index (κ3) is 1.55. The number of aromatic carboxylic acids is 1. The van der Waals surface area contributed by atoms with Crippen molar-refractivity contribution in [1.82, 2.24) is 0 Å². The Morgan fingerprint density at radius 2 is 2.18 bits per heavy atom. The molecule has 8 heteroatoms. The summed E-state index contributed by atoms with van der Waals surface area (Å²) in [5.41, 5.74) is -1.93. The van der Waals surface area contributed by atoms with Gasteiger partial charge in [0.25, 0.3) is 5.91 Å². The van der Waals surface area contributed by atoms with Crippen molar-refractivity contribution in [2.24, 2.45) is 4.99 Å². The van der Waals surface area contributed by atoms with Crippen LogP contribution in [-0.2, 0) is 4.79 Å². The van der Waals surface area contributed by atoms with Crippen LogP contribution in [0.3, 0.4) is 0 Å². The third-order valence-electron chi connectivity index (χ3n) is 2.17. The predicted molar refractivity (Wildman–Crippen MR) is 50.3 cm³/mol. The monoisotopic (exact) mass is 238 g/mol. The fourth-order valence-electron chi connectivity index (χ4n) is 1.50. The van der Waals surface area contributed by atoms with Gasteiger partial charge < -0.3 is 5.11 Å². The minimum atomic E-state index is -1.69. The average Bonchev–Trinajstić information content (AvgIpc) is 2.55. The third-order valence-corrected chi connectivity index (χ3v) is 2.17. The summed E-state index contributed by atoms with van der Waals surface area (Å²) in [6, 6.07) is 0.735. The van der Waals surface area contributed by atoms with Gasteiger partial charge in [-0.3, -0.25) is 14.9 Å². The van der Waals surface area contributed by atoms with Crippen molar-refractivity contribution in [3.05, 3.63) is 38.1 Å². The molecule has 17 heavy (non-hydrogen) atoms. The number of hydrogen-bond donors (Lipinski definition) is 1. The Kier molecular flexibility index (Phi) is 2.20. The molecule has 1 heterocycles. The van der Waals surface area contributed by atoms with E-state index in [2.05, 4.69) is 4.99 Å². The molecule has 1 aliphatic heterocycles. The molecular weight excluding hydrogens is 235 g/mol. The van der Waals surface area contributed by atoms with E-state index in [1.807, 2.05) is 0 Å². The number of carbonyl (C=O) groups is 2. The fourth-order valence-corrected chi connectivity index (χ4v) is 1.50. The van der Waals surface area contributed by atoms with Gasteiger partial charge in [0.1, 0.15) is 5.56 Å². The average molecular weight is 238 g/mol. The number of fused-ring (bicyclic) bond motifs is 1. The number of halogens is 1. The summed E-state index contributed by atoms with van der Waals surface area (Å²) >= 11 is 0. The highest BCUT2D eigenvalue weighted by molar-refractivity contribution is 6.08. The van der Waals surface area contributed by atoms with E-state index in [1.54, 1.807) is 0 Å². The first kappa shape index (κ1) is 10.9. The maximum absolute atomic E-state index is 13.6. The van der Waals surface area contributed by atoms with Crippen LogP contribution in [0.5, 0.6) is 0 Å². The minimum Gasteiger partial charge on any atom is -0.478 e. The van der Waals surface area contributed by atoms with E-state index in [-0.39, 0.29) is 10.6 Å². The highest BCUT2D eigenvalue weighted by Gasteiger charge is 2.26. The molecule has 0 fully saturated rings. The van der Waals surface area contributed by atoms with Crippen LogP contribution in [0.4, 0.5) is 10.1 Å². The number of nitrogens with zero attached hydrogens (tertiary/aromatic N) is 2. The van der Waals surface area contributed by atoms with Gasteiger partial charge in [0.15, 0.2) is 0 Å². The first-order chi connectivity index (χ1) is 7.91. The molecule has 1 aromatic carbocycles. The number of carboxylic acid groups (broad SMARTS) is 1. The summed E-state index contributed by atoms with van der Waals surface area (Å²) in [6.07, 6.45) is 0.825. The molecule has 0 saturated carbocycles. The Morgan fingerprint density at radius 1 is 1.53 bits per heavy atom. The van der Waals surface area contributed by atoms with Crippen LogP contribution in [0.1, 0.15) is 10.4 Å². The van der Waals surface area contributed by atoms with E-state index in [0.29, 0.717) is 0 Å². The largest absolute Gasteiger partial charge is 0.478 e. The number of rotatable bonds is 2. The quantitative estimate of drug-likeness (QED) is 0.545. The van der Waals surface area contributed by atoms with Gasteiger partial charge in [-0.2, -0.15) is 4.39 Å². The lowest BCUT2D eigenvalue weighted by Crippen LogP contribution is -2.31. The highest BCUT2D eigenvalue weighted by Crippen LogP contribution is 2.16. The molecule has 0 saturated heterocycles. The van der Waals surface area contributed by atoms with Crippen LogP contribution in [0, 0.1) is 15.9 Å². The van der Waals surface area contributed by atoms with Crippen molar-refractivity contribution in [3.8, 4) is 0 Å². The lowest BCUT2D eigenvalue weighted by atomic mass is 10.1. The Labute approximate surface area is 91.7 Å². The second-order valence-corrected chi connectivity index (χ2v) is 3.17. The highest BCUT2D eigenvalue weighted by atomic mass is 19.1. The Bertz CT molecular complexity index is 694. The van der Waals surface area contributed by atoms with Crippen LogP contribution < -0.4 is 10.6 Å². The van der Waals surface area contributed by atoms with Crippen LogP contribution in [0.15, 0.2) is 11.1 Å². The molecule has 2 rings (SSSR count).